The molecule has 0 aromatic heterocycles. The highest BCUT2D eigenvalue weighted by atomic mass is 16.2. The molecule has 27 heavy (non-hydrogen) atoms. The topological polar surface area (TPSA) is 61.4 Å². The summed E-state index contributed by atoms with van der Waals surface area (Å²) in [5, 5.41) is 5.94. The number of nitrogens with one attached hydrogen (secondary N) is 2. The van der Waals surface area contributed by atoms with E-state index < -0.39 is 0 Å². The molecule has 0 atom stereocenters. The van der Waals surface area contributed by atoms with Gasteiger partial charge < -0.3 is 10.6 Å². The maximum absolute atomic E-state index is 12.5. The summed E-state index contributed by atoms with van der Waals surface area (Å²) in [6.45, 7) is 5.90. The van der Waals surface area contributed by atoms with E-state index in [0.29, 0.717) is 6.54 Å². The van der Waals surface area contributed by atoms with Crippen molar-refractivity contribution in [3.63, 3.8) is 0 Å². The predicted molar refractivity (Wildman–Crippen MR) is 109 cm³/mol. The number of amides is 2. The molecule has 1 saturated heterocycles. The Morgan fingerprint density at radius 3 is 2.30 bits per heavy atom. The van der Waals surface area contributed by atoms with Gasteiger partial charge in [0.25, 0.3) is 0 Å². The van der Waals surface area contributed by atoms with Crippen molar-refractivity contribution in [2.75, 3.05) is 30.3 Å². The van der Waals surface area contributed by atoms with Crippen LogP contribution in [-0.2, 0) is 9.59 Å². The molecule has 5 nitrogen and oxygen atoms in total. The third-order valence-electron chi connectivity index (χ3n) is 4.95. The fraction of sp³-hybridized carbons (Fsp3) is 0.364. The predicted octanol–water partition coefficient (Wildman–Crippen LogP) is 3.59. The first-order valence-electron chi connectivity index (χ1n) is 9.46. The molecule has 0 aliphatic carbocycles. The van der Waals surface area contributed by atoms with Gasteiger partial charge in [-0.1, -0.05) is 29.8 Å². The average Bonchev–Trinajstić information content (AvgIpc) is 2.64. The minimum atomic E-state index is -0.0125. The molecule has 2 aromatic carbocycles. The van der Waals surface area contributed by atoms with Gasteiger partial charge in [0.05, 0.1) is 6.54 Å². The van der Waals surface area contributed by atoms with Crippen LogP contribution in [0.5, 0.6) is 0 Å². The van der Waals surface area contributed by atoms with Crippen LogP contribution in [0.25, 0.3) is 0 Å². The van der Waals surface area contributed by atoms with Gasteiger partial charge in [-0.3, -0.25) is 14.5 Å². The Morgan fingerprint density at radius 2 is 1.63 bits per heavy atom. The van der Waals surface area contributed by atoms with E-state index >= 15 is 0 Å². The lowest BCUT2D eigenvalue weighted by atomic mass is 9.95. The van der Waals surface area contributed by atoms with Gasteiger partial charge in [-0.15, -0.1) is 0 Å². The molecule has 0 bridgehead atoms. The molecular formula is C22H27N3O2. The van der Waals surface area contributed by atoms with Crippen molar-refractivity contribution in [3.8, 4) is 0 Å². The normalized spacial score (nSPS) is 15.3. The second kappa shape index (κ2) is 8.82. The average molecular weight is 365 g/mol. The van der Waals surface area contributed by atoms with Crippen molar-refractivity contribution in [1.29, 1.82) is 0 Å². The van der Waals surface area contributed by atoms with Crippen LogP contribution in [0, 0.1) is 19.8 Å². The maximum atomic E-state index is 12.5. The van der Waals surface area contributed by atoms with E-state index in [2.05, 4.69) is 15.5 Å². The Bertz CT molecular complexity index is 793. The van der Waals surface area contributed by atoms with Crippen LogP contribution in [0.2, 0.25) is 0 Å². The van der Waals surface area contributed by atoms with Crippen molar-refractivity contribution < 1.29 is 9.59 Å². The zero-order valence-corrected chi connectivity index (χ0v) is 16.0. The van der Waals surface area contributed by atoms with Crippen molar-refractivity contribution in [2.45, 2.75) is 26.7 Å². The van der Waals surface area contributed by atoms with E-state index in [1.807, 2.05) is 62.4 Å². The Kier molecular flexibility index (Phi) is 6.24. The van der Waals surface area contributed by atoms with Crippen LogP contribution in [0.4, 0.5) is 11.4 Å². The number of aryl methyl sites for hydroxylation is 2. The van der Waals surface area contributed by atoms with Crippen molar-refractivity contribution in [2.24, 2.45) is 5.92 Å². The molecule has 1 aliphatic heterocycles. The molecule has 3 rings (SSSR count). The second-order valence-corrected chi connectivity index (χ2v) is 7.32. The molecule has 142 valence electrons. The molecule has 1 fully saturated rings. The number of hydrogen-bond acceptors (Lipinski definition) is 3. The fourth-order valence-electron chi connectivity index (χ4n) is 3.36. The maximum Gasteiger partial charge on any atom is 0.238 e. The van der Waals surface area contributed by atoms with E-state index in [1.165, 1.54) is 5.56 Å². The van der Waals surface area contributed by atoms with Gasteiger partial charge in [-0.25, -0.2) is 0 Å². The second-order valence-electron chi connectivity index (χ2n) is 7.32. The van der Waals surface area contributed by atoms with Gasteiger partial charge in [0.2, 0.25) is 11.8 Å². The zero-order valence-electron chi connectivity index (χ0n) is 16.0. The first-order chi connectivity index (χ1) is 13.0. The van der Waals surface area contributed by atoms with Gasteiger partial charge in [-0.2, -0.15) is 0 Å². The minimum Gasteiger partial charge on any atom is -0.326 e. The number of nitrogens with zero attached hydrogens (tertiary/aromatic N) is 1. The lowest BCUT2D eigenvalue weighted by Gasteiger charge is -2.30. The fourth-order valence-corrected chi connectivity index (χ4v) is 3.36. The first kappa shape index (κ1) is 19.1. The number of anilines is 2. The smallest absolute Gasteiger partial charge is 0.238 e. The third kappa shape index (κ3) is 5.66. The molecular weight excluding hydrogens is 338 g/mol. The zero-order chi connectivity index (χ0) is 19.2. The van der Waals surface area contributed by atoms with E-state index in [0.717, 1.165) is 42.9 Å². The van der Waals surface area contributed by atoms with Gasteiger partial charge in [0.15, 0.2) is 0 Å². The first-order valence-corrected chi connectivity index (χ1v) is 9.46. The molecule has 1 aliphatic rings. The largest absolute Gasteiger partial charge is 0.326 e. The number of carbonyl (C=O) groups is 2. The van der Waals surface area contributed by atoms with Crippen molar-refractivity contribution >= 4 is 23.2 Å². The molecule has 0 spiro atoms. The summed E-state index contributed by atoms with van der Waals surface area (Å²) in [4.78, 5) is 26.8. The molecule has 2 aromatic rings. The molecule has 2 amide bonds. The highest BCUT2D eigenvalue weighted by Gasteiger charge is 2.26. The molecule has 5 heteroatoms. The van der Waals surface area contributed by atoms with Crippen LogP contribution in [0.1, 0.15) is 24.0 Å². The van der Waals surface area contributed by atoms with Gasteiger partial charge >= 0.3 is 0 Å². The molecule has 1 heterocycles. The Hall–Kier alpha value is -2.66. The summed E-state index contributed by atoms with van der Waals surface area (Å²) in [5.74, 6) is 0.0628. The SMILES string of the molecule is Cc1ccc(NC(=O)CN2CCC(C(=O)Nc3cccc(C)c3)CC2)cc1. The number of benzene rings is 2. The quantitative estimate of drug-likeness (QED) is 0.851. The number of likely N-dealkylation sites (tertiary alicyclic amines) is 1. The Balaban J connectivity index is 1.43. The van der Waals surface area contributed by atoms with Gasteiger partial charge in [0.1, 0.15) is 0 Å². The lowest BCUT2D eigenvalue weighted by Crippen LogP contribution is -2.41. The molecule has 0 radical (unpaired) electrons. The van der Waals surface area contributed by atoms with E-state index in [1.54, 1.807) is 0 Å². The van der Waals surface area contributed by atoms with Gasteiger partial charge in [0, 0.05) is 17.3 Å². The van der Waals surface area contributed by atoms with Crippen molar-refractivity contribution in [1.82, 2.24) is 4.90 Å². The van der Waals surface area contributed by atoms with Gasteiger partial charge in [-0.05, 0) is 69.6 Å². The molecule has 0 saturated carbocycles. The third-order valence-corrected chi connectivity index (χ3v) is 4.95. The standard InChI is InChI=1S/C22H27N3O2/c1-16-6-8-19(9-7-16)23-21(26)15-25-12-10-18(11-13-25)22(27)24-20-5-3-4-17(2)14-20/h3-9,14,18H,10-13,15H2,1-2H3,(H,23,26)(H,24,27). The van der Waals surface area contributed by atoms with Crippen LogP contribution in [0.15, 0.2) is 48.5 Å². The summed E-state index contributed by atoms with van der Waals surface area (Å²) in [5.41, 5.74) is 3.96. The van der Waals surface area contributed by atoms with Crippen LogP contribution in [0.3, 0.4) is 0 Å². The van der Waals surface area contributed by atoms with Crippen LogP contribution in [-0.4, -0.2) is 36.3 Å². The summed E-state index contributed by atoms with van der Waals surface area (Å²) in [7, 11) is 0. The van der Waals surface area contributed by atoms with Crippen LogP contribution < -0.4 is 10.6 Å². The minimum absolute atomic E-state index is 0.00178. The lowest BCUT2D eigenvalue weighted by molar-refractivity contribution is -0.121. The number of hydrogen-bond donors (Lipinski definition) is 2. The summed E-state index contributed by atoms with van der Waals surface area (Å²) in [6.07, 6.45) is 1.55. The number of carbonyl (C=O) groups excluding carboxylic acids is 2. The molecule has 0 unspecified atom stereocenters. The van der Waals surface area contributed by atoms with Crippen LogP contribution >= 0.6 is 0 Å². The molecule has 2 N–H and O–H groups in total. The summed E-state index contributed by atoms with van der Waals surface area (Å²) < 4.78 is 0. The summed E-state index contributed by atoms with van der Waals surface area (Å²) in [6, 6.07) is 15.6. The monoisotopic (exact) mass is 365 g/mol. The number of rotatable bonds is 5. The van der Waals surface area contributed by atoms with E-state index in [4.69, 9.17) is 0 Å². The van der Waals surface area contributed by atoms with Crippen molar-refractivity contribution in [3.05, 3.63) is 59.7 Å². The Morgan fingerprint density at radius 1 is 0.926 bits per heavy atom. The highest BCUT2D eigenvalue weighted by Crippen LogP contribution is 2.20. The van der Waals surface area contributed by atoms with E-state index in [9.17, 15) is 9.59 Å². The Labute approximate surface area is 160 Å². The summed E-state index contributed by atoms with van der Waals surface area (Å²) >= 11 is 0. The van der Waals surface area contributed by atoms with E-state index in [-0.39, 0.29) is 17.7 Å². The number of piperidine rings is 1. The highest BCUT2D eigenvalue weighted by molar-refractivity contribution is 5.93.